The first kappa shape index (κ1) is 36.4. The van der Waals surface area contributed by atoms with Gasteiger partial charge < -0.3 is 23.9 Å². The van der Waals surface area contributed by atoms with E-state index >= 15 is 0 Å². The third kappa shape index (κ3) is 7.95. The van der Waals surface area contributed by atoms with Crippen LogP contribution in [0.5, 0.6) is 11.5 Å². The summed E-state index contributed by atoms with van der Waals surface area (Å²) in [6.07, 6.45) is 0.831. The summed E-state index contributed by atoms with van der Waals surface area (Å²) in [6.45, 7) is 2.06. The minimum atomic E-state index is -5.04. The lowest BCUT2D eigenvalue weighted by atomic mass is 9.87. The lowest BCUT2D eigenvalue weighted by molar-refractivity contribution is -0.384. The molecule has 5 rings (SSSR count). The molecule has 13 heteroatoms. The Hall–Kier alpha value is -4.88. The number of nitrogens with zero attached hydrogens (tertiary/aromatic N) is 3. The number of carbonyl (C=O) groups is 1. The van der Waals surface area contributed by atoms with E-state index in [1.807, 2.05) is 18.2 Å². The normalized spacial score (nSPS) is 15.7. The molecule has 266 valence electrons. The van der Waals surface area contributed by atoms with Gasteiger partial charge in [-0.2, -0.15) is 13.2 Å². The zero-order chi connectivity index (χ0) is 36.1. The number of carbonyl (C=O) groups excluding carboxylic acids is 1. The monoisotopic (exact) mass is 695 g/mol. The van der Waals surface area contributed by atoms with Crippen LogP contribution in [-0.2, 0) is 28.1 Å². The summed E-state index contributed by atoms with van der Waals surface area (Å²) in [5.74, 6) is 0.755. The van der Waals surface area contributed by atoms with Crippen molar-refractivity contribution in [2.45, 2.75) is 44.5 Å². The third-order valence-electron chi connectivity index (χ3n) is 9.17. The lowest BCUT2D eigenvalue weighted by Gasteiger charge is -2.39. The second kappa shape index (κ2) is 15.3. The molecule has 4 aromatic rings. The maximum atomic E-state index is 15.0. The maximum absolute atomic E-state index is 15.0. The number of fused-ring (bicyclic) bond motifs is 1. The van der Waals surface area contributed by atoms with Crippen LogP contribution in [0, 0.1) is 16.0 Å². The number of piperidine rings is 1. The van der Waals surface area contributed by atoms with Crippen LogP contribution in [0.15, 0.2) is 72.9 Å². The van der Waals surface area contributed by atoms with E-state index < -0.39 is 29.2 Å². The maximum Gasteiger partial charge on any atom is 0.422 e. The van der Waals surface area contributed by atoms with E-state index in [1.165, 1.54) is 43.2 Å². The number of rotatable bonds is 13. The summed E-state index contributed by atoms with van der Waals surface area (Å²) in [5.41, 5.74) is -1.34. The van der Waals surface area contributed by atoms with Crippen LogP contribution in [0.25, 0.3) is 17.0 Å². The summed E-state index contributed by atoms with van der Waals surface area (Å²) in [6, 6.07) is 16.3. The zero-order valence-electron chi connectivity index (χ0n) is 28.1. The molecule has 3 aromatic carbocycles. The zero-order valence-corrected chi connectivity index (χ0v) is 28.1. The lowest BCUT2D eigenvalue weighted by Crippen LogP contribution is -2.52. The predicted molar refractivity (Wildman–Crippen MR) is 182 cm³/mol. The molecule has 0 radical (unpaired) electrons. The number of aromatic nitrogens is 1. The summed E-state index contributed by atoms with van der Waals surface area (Å²) in [7, 11) is 3.07. The Bertz CT molecular complexity index is 1830. The van der Waals surface area contributed by atoms with Gasteiger partial charge in [0.05, 0.1) is 31.3 Å². The summed E-state index contributed by atoms with van der Waals surface area (Å²) < 4.78 is 62.7. The van der Waals surface area contributed by atoms with Gasteiger partial charge in [0.1, 0.15) is 11.5 Å². The molecule has 0 aliphatic carbocycles. The smallest absolute Gasteiger partial charge is 0.422 e. The molecule has 1 N–H and O–H groups in total. The highest BCUT2D eigenvalue weighted by atomic mass is 19.4. The first-order valence-corrected chi connectivity index (χ1v) is 16.3. The molecule has 0 bridgehead atoms. The average Bonchev–Trinajstić information content (AvgIpc) is 3.46. The number of non-ortho nitro benzene ring substituents is 1. The standard InChI is InChI=1S/C37H40F3N3O7/c1-4-50-35(44)13-10-27-19-33(48-2)30(34(20-27)49-3)18-25-14-16-41(17-15-25)24-36(45,37(38,39)40)31-23-42(22-26-8-6-5-7-9-26)32-21-28(43(46)47)11-12-29(31)32/h5-13,19-21,23,25,45H,4,14-18,22,24H2,1-3H3. The molecule has 0 amide bonds. The number of esters is 1. The fraction of sp³-hybridized carbons (Fsp3) is 0.378. The van der Waals surface area contributed by atoms with Gasteiger partial charge in [-0.3, -0.25) is 15.0 Å². The number of hydrogen-bond acceptors (Lipinski definition) is 8. The molecule has 1 saturated heterocycles. The van der Waals surface area contributed by atoms with Crippen molar-refractivity contribution in [1.82, 2.24) is 9.47 Å². The van der Waals surface area contributed by atoms with Crippen molar-refractivity contribution in [1.29, 1.82) is 0 Å². The Morgan fingerprint density at radius 1 is 1.04 bits per heavy atom. The Kier molecular flexibility index (Phi) is 11.2. The molecule has 1 aliphatic heterocycles. The van der Waals surface area contributed by atoms with Gasteiger partial charge in [0.15, 0.2) is 0 Å². The van der Waals surface area contributed by atoms with Crippen LogP contribution in [-0.4, -0.2) is 72.1 Å². The Labute approximate surface area is 287 Å². The van der Waals surface area contributed by atoms with Crippen molar-refractivity contribution >= 4 is 28.6 Å². The largest absolute Gasteiger partial charge is 0.496 e. The summed E-state index contributed by atoms with van der Waals surface area (Å²) >= 11 is 0. The second-order valence-corrected chi connectivity index (χ2v) is 12.4. The first-order chi connectivity index (χ1) is 23.9. The average molecular weight is 696 g/mol. The Morgan fingerprint density at radius 3 is 2.28 bits per heavy atom. The summed E-state index contributed by atoms with van der Waals surface area (Å²) in [4.78, 5) is 24.4. The van der Waals surface area contributed by atoms with Crippen molar-refractivity contribution in [2.24, 2.45) is 5.92 Å². The highest BCUT2D eigenvalue weighted by Gasteiger charge is 2.57. The highest BCUT2D eigenvalue weighted by molar-refractivity contribution is 5.88. The van der Waals surface area contributed by atoms with E-state index in [0.29, 0.717) is 49.4 Å². The van der Waals surface area contributed by atoms with Crippen LogP contribution in [0.1, 0.15) is 42.0 Å². The van der Waals surface area contributed by atoms with Crippen molar-refractivity contribution in [2.75, 3.05) is 40.5 Å². The van der Waals surface area contributed by atoms with Crippen molar-refractivity contribution in [3.05, 3.63) is 105 Å². The van der Waals surface area contributed by atoms with Crippen LogP contribution in [0.3, 0.4) is 0 Å². The topological polar surface area (TPSA) is 116 Å². The molecule has 10 nitrogen and oxygen atoms in total. The van der Waals surface area contributed by atoms with Gasteiger partial charge in [0.2, 0.25) is 5.60 Å². The minimum absolute atomic E-state index is 0.0981. The third-order valence-corrected chi connectivity index (χ3v) is 9.17. The molecule has 0 spiro atoms. The fourth-order valence-corrected chi connectivity index (χ4v) is 6.58. The van der Waals surface area contributed by atoms with E-state index in [1.54, 1.807) is 42.2 Å². The number of β-amino-alcohol motifs (C(OH)–C–C–N with tert-alkyl or cyclic N) is 1. The Balaban J connectivity index is 1.37. The molecule has 1 aromatic heterocycles. The van der Waals surface area contributed by atoms with Crippen LogP contribution in [0.4, 0.5) is 18.9 Å². The molecule has 2 heterocycles. The molecular formula is C37H40F3N3O7. The predicted octanol–water partition coefficient (Wildman–Crippen LogP) is 6.90. The van der Waals surface area contributed by atoms with E-state index in [4.69, 9.17) is 14.2 Å². The van der Waals surface area contributed by atoms with Gasteiger partial charge in [-0.1, -0.05) is 30.3 Å². The van der Waals surface area contributed by atoms with E-state index in [-0.39, 0.29) is 41.2 Å². The van der Waals surface area contributed by atoms with Gasteiger partial charge in [0.25, 0.3) is 5.69 Å². The van der Waals surface area contributed by atoms with E-state index in [9.17, 15) is 33.2 Å². The number of alkyl halides is 3. The molecule has 1 unspecified atom stereocenters. The number of aliphatic hydroxyl groups is 1. The van der Waals surface area contributed by atoms with Gasteiger partial charge >= 0.3 is 12.1 Å². The molecule has 1 fully saturated rings. The molecule has 50 heavy (non-hydrogen) atoms. The number of nitro groups is 1. The number of likely N-dealkylation sites (tertiary alicyclic amines) is 1. The number of hydrogen-bond donors (Lipinski definition) is 1. The van der Waals surface area contributed by atoms with Crippen molar-refractivity contribution < 1.29 is 42.2 Å². The van der Waals surface area contributed by atoms with Crippen LogP contribution in [0.2, 0.25) is 0 Å². The molecule has 0 saturated carbocycles. The number of ether oxygens (including phenoxy) is 3. The summed E-state index contributed by atoms with van der Waals surface area (Å²) in [5, 5.41) is 23.3. The van der Waals surface area contributed by atoms with E-state index in [2.05, 4.69) is 0 Å². The molecule has 1 aliphatic rings. The van der Waals surface area contributed by atoms with Crippen LogP contribution >= 0.6 is 0 Å². The van der Waals surface area contributed by atoms with E-state index in [0.717, 1.165) is 17.2 Å². The van der Waals surface area contributed by atoms with Gasteiger partial charge in [-0.25, -0.2) is 4.79 Å². The SMILES string of the molecule is CCOC(=O)C=Cc1cc(OC)c(CC2CCN(CC(O)(c3cn(Cc4ccccc4)c4cc([N+](=O)[O-])ccc34)C(F)(F)F)CC2)c(OC)c1. The number of benzene rings is 3. The van der Waals surface area contributed by atoms with Crippen molar-refractivity contribution in [3.8, 4) is 11.5 Å². The molecule has 1 atom stereocenters. The first-order valence-electron chi connectivity index (χ1n) is 16.3. The molecular weight excluding hydrogens is 655 g/mol. The van der Waals surface area contributed by atoms with Gasteiger partial charge in [-0.15, -0.1) is 0 Å². The van der Waals surface area contributed by atoms with Gasteiger partial charge in [0, 0.05) is 54.0 Å². The quantitative estimate of drug-likeness (QED) is 0.0696. The Morgan fingerprint density at radius 2 is 1.70 bits per heavy atom. The van der Waals surface area contributed by atoms with Gasteiger partial charge in [-0.05, 0) is 80.6 Å². The number of halogens is 3. The highest BCUT2D eigenvalue weighted by Crippen LogP contribution is 2.45. The number of nitro benzene ring substituents is 1. The van der Waals surface area contributed by atoms with Crippen LogP contribution < -0.4 is 9.47 Å². The fourth-order valence-electron chi connectivity index (χ4n) is 6.58. The van der Waals surface area contributed by atoms with Crippen molar-refractivity contribution in [3.63, 3.8) is 0 Å². The minimum Gasteiger partial charge on any atom is -0.496 e. The number of methoxy groups -OCH3 is 2. The second-order valence-electron chi connectivity index (χ2n) is 12.4.